The molecule has 6 nitrogen and oxygen atoms in total. The molecule has 1 spiro atoms. The normalized spacial score (nSPS) is 21.0. The number of nitro groups is 1. The fourth-order valence-corrected chi connectivity index (χ4v) is 3.59. The lowest BCUT2D eigenvalue weighted by atomic mass is 10.0. The highest BCUT2D eigenvalue weighted by Gasteiger charge is 2.41. The molecule has 0 saturated carbocycles. The van der Waals surface area contributed by atoms with Crippen LogP contribution < -0.4 is 4.90 Å². The summed E-state index contributed by atoms with van der Waals surface area (Å²) < 4.78 is 11.4. The van der Waals surface area contributed by atoms with Crippen LogP contribution in [-0.2, 0) is 9.47 Å². The highest BCUT2D eigenvalue weighted by molar-refractivity contribution is 6.39. The van der Waals surface area contributed by atoms with Gasteiger partial charge in [0.15, 0.2) is 5.79 Å². The first-order valence-corrected chi connectivity index (χ1v) is 7.43. The number of hydrogen-bond acceptors (Lipinski definition) is 5. The van der Waals surface area contributed by atoms with Gasteiger partial charge in [0.2, 0.25) is 0 Å². The SMILES string of the molecule is O=[N+]([O-])c1cc(Cl)c(N2CCCC3(C2)OCCO3)c(Cl)c1. The number of non-ortho nitro benzene ring substituents is 1. The van der Waals surface area contributed by atoms with Crippen LogP contribution in [0.3, 0.4) is 0 Å². The van der Waals surface area contributed by atoms with Gasteiger partial charge in [-0.25, -0.2) is 0 Å². The van der Waals surface area contributed by atoms with Crippen molar-refractivity contribution < 1.29 is 14.4 Å². The van der Waals surface area contributed by atoms with Crippen LogP contribution in [0.25, 0.3) is 0 Å². The van der Waals surface area contributed by atoms with Crippen molar-refractivity contribution in [1.29, 1.82) is 0 Å². The van der Waals surface area contributed by atoms with Crippen molar-refractivity contribution in [3.05, 3.63) is 32.3 Å². The van der Waals surface area contributed by atoms with Gasteiger partial charge in [-0.1, -0.05) is 23.2 Å². The molecule has 0 aromatic heterocycles. The Morgan fingerprint density at radius 3 is 2.43 bits per heavy atom. The highest BCUT2D eigenvalue weighted by Crippen LogP contribution is 2.41. The minimum absolute atomic E-state index is 0.117. The molecule has 114 valence electrons. The van der Waals surface area contributed by atoms with Gasteiger partial charge in [0.1, 0.15) is 0 Å². The van der Waals surface area contributed by atoms with Crippen molar-refractivity contribution in [2.24, 2.45) is 0 Å². The van der Waals surface area contributed by atoms with Crippen LogP contribution in [0.2, 0.25) is 10.0 Å². The molecule has 2 fully saturated rings. The molecule has 0 aliphatic carbocycles. The molecule has 1 aromatic rings. The van der Waals surface area contributed by atoms with E-state index in [0.717, 1.165) is 19.4 Å². The molecular formula is C13H14Cl2N2O4. The zero-order valence-corrected chi connectivity index (χ0v) is 12.7. The second-order valence-corrected chi connectivity index (χ2v) is 5.96. The van der Waals surface area contributed by atoms with Crippen LogP contribution in [0.4, 0.5) is 11.4 Å². The summed E-state index contributed by atoms with van der Waals surface area (Å²) in [4.78, 5) is 12.3. The summed E-state index contributed by atoms with van der Waals surface area (Å²) in [5.74, 6) is -0.604. The zero-order valence-electron chi connectivity index (χ0n) is 11.2. The van der Waals surface area contributed by atoms with E-state index in [2.05, 4.69) is 0 Å². The highest BCUT2D eigenvalue weighted by atomic mass is 35.5. The van der Waals surface area contributed by atoms with Crippen LogP contribution in [0.1, 0.15) is 12.8 Å². The number of piperidine rings is 1. The molecule has 0 atom stereocenters. The summed E-state index contributed by atoms with van der Waals surface area (Å²) in [5.41, 5.74) is 0.482. The molecular weight excluding hydrogens is 319 g/mol. The molecule has 21 heavy (non-hydrogen) atoms. The largest absolute Gasteiger partial charge is 0.364 e. The van der Waals surface area contributed by atoms with E-state index in [1.54, 1.807) is 0 Å². The Morgan fingerprint density at radius 1 is 1.24 bits per heavy atom. The molecule has 8 heteroatoms. The van der Waals surface area contributed by atoms with Crippen LogP contribution in [0, 0.1) is 10.1 Å². The fourth-order valence-electron chi connectivity index (χ4n) is 2.87. The Balaban J connectivity index is 1.91. The average molecular weight is 333 g/mol. The third kappa shape index (κ3) is 2.81. The lowest BCUT2D eigenvalue weighted by Crippen LogP contribution is -2.49. The molecule has 3 rings (SSSR count). The minimum Gasteiger partial charge on any atom is -0.364 e. The van der Waals surface area contributed by atoms with E-state index < -0.39 is 10.7 Å². The third-order valence-electron chi connectivity index (χ3n) is 3.76. The van der Waals surface area contributed by atoms with Crippen molar-refractivity contribution >= 4 is 34.6 Å². The van der Waals surface area contributed by atoms with Gasteiger partial charge in [0, 0.05) is 25.1 Å². The molecule has 1 aromatic carbocycles. The van der Waals surface area contributed by atoms with Gasteiger partial charge in [-0.05, 0) is 6.42 Å². The first kappa shape index (κ1) is 14.8. The number of rotatable bonds is 2. The average Bonchev–Trinajstić information content (AvgIpc) is 2.86. The van der Waals surface area contributed by atoms with Crippen molar-refractivity contribution in [2.45, 2.75) is 18.6 Å². The van der Waals surface area contributed by atoms with Gasteiger partial charge in [-0.2, -0.15) is 0 Å². The number of nitrogens with zero attached hydrogens (tertiary/aromatic N) is 2. The maximum Gasteiger partial charge on any atom is 0.272 e. The minimum atomic E-state index is -0.604. The number of halogens is 2. The van der Waals surface area contributed by atoms with Crippen molar-refractivity contribution in [3.8, 4) is 0 Å². The van der Waals surface area contributed by atoms with Crippen LogP contribution >= 0.6 is 23.2 Å². The van der Waals surface area contributed by atoms with Gasteiger partial charge in [-0.15, -0.1) is 0 Å². The number of hydrogen-bond donors (Lipinski definition) is 0. The summed E-state index contributed by atoms with van der Waals surface area (Å²) in [6.45, 7) is 2.43. The Morgan fingerprint density at radius 2 is 1.86 bits per heavy atom. The summed E-state index contributed by atoms with van der Waals surface area (Å²) >= 11 is 12.4. The first-order chi connectivity index (χ1) is 10.0. The van der Waals surface area contributed by atoms with Gasteiger partial charge < -0.3 is 14.4 Å². The quantitative estimate of drug-likeness (QED) is 0.614. The predicted octanol–water partition coefficient (Wildman–Crippen LogP) is 3.24. The van der Waals surface area contributed by atoms with E-state index in [-0.39, 0.29) is 15.7 Å². The molecule has 2 heterocycles. The van der Waals surface area contributed by atoms with Gasteiger partial charge >= 0.3 is 0 Å². The molecule has 2 aliphatic rings. The smallest absolute Gasteiger partial charge is 0.272 e. The number of anilines is 1. The molecule has 0 amide bonds. The molecule has 2 aliphatic heterocycles. The van der Waals surface area contributed by atoms with Crippen molar-refractivity contribution in [3.63, 3.8) is 0 Å². The van der Waals surface area contributed by atoms with Gasteiger partial charge in [-0.3, -0.25) is 10.1 Å². The van der Waals surface area contributed by atoms with E-state index in [1.807, 2.05) is 4.90 Å². The summed E-state index contributed by atoms with van der Waals surface area (Å²) in [7, 11) is 0. The summed E-state index contributed by atoms with van der Waals surface area (Å²) in [6.07, 6.45) is 1.70. The molecule has 0 unspecified atom stereocenters. The monoisotopic (exact) mass is 332 g/mol. The molecule has 0 N–H and O–H groups in total. The maximum absolute atomic E-state index is 10.8. The zero-order chi connectivity index (χ0) is 15.0. The van der Waals surface area contributed by atoms with Gasteiger partial charge in [0.05, 0.1) is 40.4 Å². The van der Waals surface area contributed by atoms with Gasteiger partial charge in [0.25, 0.3) is 5.69 Å². The van der Waals surface area contributed by atoms with E-state index in [4.69, 9.17) is 32.7 Å². The molecule has 2 saturated heterocycles. The summed E-state index contributed by atoms with van der Waals surface area (Å²) in [6, 6.07) is 2.64. The number of ether oxygens (including phenoxy) is 2. The fraction of sp³-hybridized carbons (Fsp3) is 0.538. The van der Waals surface area contributed by atoms with Crippen molar-refractivity contribution in [2.75, 3.05) is 31.2 Å². The van der Waals surface area contributed by atoms with E-state index in [1.165, 1.54) is 12.1 Å². The molecule has 0 bridgehead atoms. The maximum atomic E-state index is 10.8. The third-order valence-corrected chi connectivity index (χ3v) is 4.34. The predicted molar refractivity (Wildman–Crippen MR) is 79.2 cm³/mol. The Labute approximate surface area is 131 Å². The second-order valence-electron chi connectivity index (χ2n) is 5.15. The topological polar surface area (TPSA) is 64.8 Å². The van der Waals surface area contributed by atoms with Crippen LogP contribution in [-0.4, -0.2) is 37.0 Å². The number of benzene rings is 1. The number of nitro benzene ring substituents is 1. The van der Waals surface area contributed by atoms with Crippen molar-refractivity contribution in [1.82, 2.24) is 0 Å². The first-order valence-electron chi connectivity index (χ1n) is 6.67. The Hall–Kier alpha value is -1.08. The van der Waals surface area contributed by atoms with E-state index >= 15 is 0 Å². The lowest BCUT2D eigenvalue weighted by molar-refractivity contribution is -0.384. The Bertz CT molecular complexity index is 552. The van der Waals surface area contributed by atoms with Crippen LogP contribution in [0.15, 0.2) is 12.1 Å². The summed E-state index contributed by atoms with van der Waals surface area (Å²) in [5, 5.41) is 11.4. The van der Waals surface area contributed by atoms with E-state index in [0.29, 0.717) is 25.4 Å². The van der Waals surface area contributed by atoms with Crippen LogP contribution in [0.5, 0.6) is 0 Å². The Kier molecular flexibility index (Phi) is 3.96. The second kappa shape index (κ2) is 5.61. The van der Waals surface area contributed by atoms with E-state index in [9.17, 15) is 10.1 Å². The standard InChI is InChI=1S/C13H14Cl2N2O4/c14-10-6-9(17(18)19)7-11(15)12(10)16-3-1-2-13(8-16)20-4-5-21-13/h6-7H,1-5,8H2. The molecule has 0 radical (unpaired) electrons. The lowest BCUT2D eigenvalue weighted by Gasteiger charge is -2.40.